The Balaban J connectivity index is 2.57. The summed E-state index contributed by atoms with van der Waals surface area (Å²) >= 11 is 0. The topological polar surface area (TPSA) is 43.4 Å². The van der Waals surface area contributed by atoms with Crippen LogP contribution >= 0.6 is 0 Å². The van der Waals surface area contributed by atoms with E-state index in [9.17, 15) is 9.59 Å². The van der Waals surface area contributed by atoms with Gasteiger partial charge in [0.2, 0.25) is 0 Å². The maximum absolute atomic E-state index is 11.0. The van der Waals surface area contributed by atoms with Gasteiger partial charge in [-0.25, -0.2) is 0 Å². The highest BCUT2D eigenvalue weighted by Crippen LogP contribution is 2.28. The van der Waals surface area contributed by atoms with Crippen LogP contribution in [0.5, 0.6) is 0 Å². The molecule has 0 saturated carbocycles. The highest BCUT2D eigenvalue weighted by Gasteiger charge is 2.21. The molecule has 0 aromatic rings. The van der Waals surface area contributed by atoms with E-state index in [-0.39, 0.29) is 11.9 Å². The molecule has 0 saturated heterocycles. The van der Waals surface area contributed by atoms with Gasteiger partial charge in [-0.05, 0) is 64.5 Å². The van der Waals surface area contributed by atoms with E-state index in [0.29, 0.717) is 19.4 Å². The van der Waals surface area contributed by atoms with Crippen LogP contribution in [-0.2, 0) is 14.3 Å². The van der Waals surface area contributed by atoms with Crippen molar-refractivity contribution in [1.82, 2.24) is 0 Å². The Morgan fingerprint density at radius 3 is 2.52 bits per heavy atom. The van der Waals surface area contributed by atoms with Crippen molar-refractivity contribution in [3.8, 4) is 0 Å². The van der Waals surface area contributed by atoms with Gasteiger partial charge in [-0.1, -0.05) is 23.3 Å². The van der Waals surface area contributed by atoms with Crippen LogP contribution in [0.1, 0.15) is 66.2 Å². The molecule has 1 heterocycles. The van der Waals surface area contributed by atoms with Crippen LogP contribution in [0.2, 0.25) is 0 Å². The molecule has 0 aromatic carbocycles. The van der Waals surface area contributed by atoms with Crippen LogP contribution in [0.3, 0.4) is 0 Å². The largest absolute Gasteiger partial charge is 0.365 e. The molecule has 128 valence electrons. The smallest absolute Gasteiger partial charge is 0.130 e. The van der Waals surface area contributed by atoms with Gasteiger partial charge >= 0.3 is 0 Å². The average Bonchev–Trinajstić information content (AvgIpc) is 2.83. The molecule has 0 amide bonds. The summed E-state index contributed by atoms with van der Waals surface area (Å²) in [5.74, 6) is 0.243. The zero-order valence-corrected chi connectivity index (χ0v) is 15.0. The van der Waals surface area contributed by atoms with Crippen LogP contribution in [0.25, 0.3) is 0 Å². The summed E-state index contributed by atoms with van der Waals surface area (Å²) in [5.41, 5.74) is 5.24. The quantitative estimate of drug-likeness (QED) is 0.432. The SMILES string of the molecule is CC(=O)CC/C=C(\C)CCC1=C(C)COC1/C=C(\C)CCC=O. The van der Waals surface area contributed by atoms with Gasteiger partial charge < -0.3 is 14.3 Å². The summed E-state index contributed by atoms with van der Waals surface area (Å²) < 4.78 is 5.87. The zero-order chi connectivity index (χ0) is 17.2. The van der Waals surface area contributed by atoms with Crippen LogP contribution < -0.4 is 0 Å². The molecule has 1 rings (SSSR count). The molecule has 0 radical (unpaired) electrons. The summed E-state index contributed by atoms with van der Waals surface area (Å²) in [6.07, 6.45) is 10.2. The Kier molecular flexibility index (Phi) is 8.78. The van der Waals surface area contributed by atoms with Gasteiger partial charge in [-0.3, -0.25) is 0 Å². The Hall–Kier alpha value is -1.48. The number of allylic oxidation sites excluding steroid dienone is 3. The summed E-state index contributed by atoms with van der Waals surface area (Å²) in [6, 6.07) is 0. The lowest BCUT2D eigenvalue weighted by Gasteiger charge is -2.13. The molecule has 1 aliphatic heterocycles. The second-order valence-electron chi connectivity index (χ2n) is 6.55. The number of hydrogen-bond acceptors (Lipinski definition) is 3. The van der Waals surface area contributed by atoms with E-state index in [1.54, 1.807) is 6.92 Å². The van der Waals surface area contributed by atoms with Crippen molar-refractivity contribution in [3.05, 3.63) is 34.4 Å². The molecule has 23 heavy (non-hydrogen) atoms. The standard InChI is InChI=1S/C20H30O3/c1-15(7-5-9-18(4)22)10-11-19-17(3)14-23-20(19)13-16(2)8-6-12-21/h7,12-13,20H,5-6,8-11,14H2,1-4H3/b15-7+,16-13+. The summed E-state index contributed by atoms with van der Waals surface area (Å²) in [7, 11) is 0. The number of ether oxygens (including phenoxy) is 1. The lowest BCUT2D eigenvalue weighted by atomic mass is 9.96. The van der Waals surface area contributed by atoms with Crippen LogP contribution in [0.4, 0.5) is 0 Å². The van der Waals surface area contributed by atoms with E-state index < -0.39 is 0 Å². The molecule has 0 aromatic heterocycles. The second kappa shape index (κ2) is 10.3. The molecule has 1 aliphatic rings. The van der Waals surface area contributed by atoms with E-state index in [0.717, 1.165) is 32.0 Å². The van der Waals surface area contributed by atoms with Crippen molar-refractivity contribution in [2.75, 3.05) is 6.61 Å². The predicted octanol–water partition coefficient (Wildman–Crippen LogP) is 4.72. The number of carbonyl (C=O) groups excluding carboxylic acids is 2. The molecule has 0 aliphatic carbocycles. The second-order valence-corrected chi connectivity index (χ2v) is 6.55. The van der Waals surface area contributed by atoms with Crippen molar-refractivity contribution in [2.45, 2.75) is 72.3 Å². The molecule has 3 heteroatoms. The number of Topliss-reactive ketones (excluding diaryl/α,β-unsaturated/α-hetero) is 1. The Morgan fingerprint density at radius 1 is 1.13 bits per heavy atom. The third kappa shape index (κ3) is 7.56. The highest BCUT2D eigenvalue weighted by atomic mass is 16.5. The molecule has 0 bridgehead atoms. The average molecular weight is 318 g/mol. The van der Waals surface area contributed by atoms with E-state index in [4.69, 9.17) is 4.74 Å². The number of ketones is 1. The number of rotatable bonds is 10. The minimum absolute atomic E-state index is 0.0617. The third-order valence-electron chi connectivity index (χ3n) is 4.24. The minimum Gasteiger partial charge on any atom is -0.365 e. The number of aldehydes is 1. The first-order valence-corrected chi connectivity index (χ1v) is 8.50. The van der Waals surface area contributed by atoms with Crippen molar-refractivity contribution in [1.29, 1.82) is 0 Å². The monoisotopic (exact) mass is 318 g/mol. The van der Waals surface area contributed by atoms with Crippen LogP contribution in [-0.4, -0.2) is 24.8 Å². The van der Waals surface area contributed by atoms with Crippen molar-refractivity contribution >= 4 is 12.1 Å². The molecule has 0 N–H and O–H groups in total. The van der Waals surface area contributed by atoms with Crippen LogP contribution in [0, 0.1) is 0 Å². The Bertz CT molecular complexity index is 509. The first kappa shape index (κ1) is 19.6. The first-order valence-electron chi connectivity index (χ1n) is 8.50. The first-order chi connectivity index (χ1) is 10.9. The van der Waals surface area contributed by atoms with E-state index in [1.165, 1.54) is 22.3 Å². The van der Waals surface area contributed by atoms with Gasteiger partial charge in [0.25, 0.3) is 0 Å². The van der Waals surface area contributed by atoms with E-state index >= 15 is 0 Å². The van der Waals surface area contributed by atoms with Crippen LogP contribution in [0.15, 0.2) is 34.4 Å². The maximum Gasteiger partial charge on any atom is 0.130 e. The summed E-state index contributed by atoms with van der Waals surface area (Å²) in [4.78, 5) is 21.4. The normalized spacial score (nSPS) is 19.4. The molecular formula is C20H30O3. The molecule has 3 nitrogen and oxygen atoms in total. The fourth-order valence-corrected chi connectivity index (χ4v) is 2.74. The minimum atomic E-state index is 0.0617. The Labute approximate surface area is 140 Å². The fourth-order valence-electron chi connectivity index (χ4n) is 2.74. The molecule has 0 fully saturated rings. The third-order valence-corrected chi connectivity index (χ3v) is 4.24. The lowest BCUT2D eigenvalue weighted by Crippen LogP contribution is -2.08. The van der Waals surface area contributed by atoms with Gasteiger partial charge in [0.1, 0.15) is 12.1 Å². The highest BCUT2D eigenvalue weighted by molar-refractivity contribution is 5.75. The van der Waals surface area contributed by atoms with Gasteiger partial charge in [0, 0.05) is 12.8 Å². The zero-order valence-electron chi connectivity index (χ0n) is 15.0. The maximum atomic E-state index is 11.0. The molecule has 1 atom stereocenters. The molecular weight excluding hydrogens is 288 g/mol. The van der Waals surface area contributed by atoms with Gasteiger partial charge in [-0.2, -0.15) is 0 Å². The van der Waals surface area contributed by atoms with Gasteiger partial charge in [0.05, 0.1) is 12.7 Å². The van der Waals surface area contributed by atoms with Gasteiger partial charge in [-0.15, -0.1) is 0 Å². The van der Waals surface area contributed by atoms with Gasteiger partial charge in [0.15, 0.2) is 0 Å². The molecule has 1 unspecified atom stereocenters. The van der Waals surface area contributed by atoms with Crippen molar-refractivity contribution < 1.29 is 14.3 Å². The number of carbonyl (C=O) groups is 2. The number of hydrogen-bond donors (Lipinski definition) is 0. The van der Waals surface area contributed by atoms with Crippen molar-refractivity contribution in [2.24, 2.45) is 0 Å². The molecule has 0 spiro atoms. The fraction of sp³-hybridized carbons (Fsp3) is 0.600. The Morgan fingerprint density at radius 2 is 1.87 bits per heavy atom. The van der Waals surface area contributed by atoms with E-state index in [2.05, 4.69) is 32.9 Å². The summed E-state index contributed by atoms with van der Waals surface area (Å²) in [6.45, 7) is 8.66. The summed E-state index contributed by atoms with van der Waals surface area (Å²) in [5, 5.41) is 0. The lowest BCUT2D eigenvalue weighted by molar-refractivity contribution is -0.117. The van der Waals surface area contributed by atoms with E-state index in [1.807, 2.05) is 0 Å². The van der Waals surface area contributed by atoms with Crippen molar-refractivity contribution in [3.63, 3.8) is 0 Å². The predicted molar refractivity (Wildman–Crippen MR) is 94.4 cm³/mol.